The van der Waals surface area contributed by atoms with Crippen LogP contribution in [0.2, 0.25) is 0 Å². The fourth-order valence-electron chi connectivity index (χ4n) is 3.02. The summed E-state index contributed by atoms with van der Waals surface area (Å²) in [5.41, 5.74) is 0.841. The van der Waals surface area contributed by atoms with Crippen molar-refractivity contribution in [1.82, 2.24) is 9.62 Å². The maximum absolute atomic E-state index is 12.1. The Hall–Kier alpha value is -2.90. The summed E-state index contributed by atoms with van der Waals surface area (Å²) in [5.74, 6) is 0.753. The average molecular weight is 427 g/mol. The van der Waals surface area contributed by atoms with E-state index in [0.717, 1.165) is 22.1 Å². The lowest BCUT2D eigenvalue weighted by molar-refractivity contribution is -0.121. The van der Waals surface area contributed by atoms with E-state index in [9.17, 15) is 13.2 Å². The third-order valence-corrected chi connectivity index (χ3v) is 6.58. The number of sulfonamides is 1. The number of carbonyl (C=O) groups is 1. The highest BCUT2D eigenvalue weighted by molar-refractivity contribution is 7.89. The van der Waals surface area contributed by atoms with Gasteiger partial charge in [-0.15, -0.1) is 0 Å². The molecule has 6 nitrogen and oxygen atoms in total. The van der Waals surface area contributed by atoms with Gasteiger partial charge >= 0.3 is 0 Å². The first-order valence-corrected chi connectivity index (χ1v) is 11.2. The summed E-state index contributed by atoms with van der Waals surface area (Å²) in [6, 6.07) is 20.5. The zero-order valence-corrected chi connectivity index (χ0v) is 18.0. The van der Waals surface area contributed by atoms with Crippen LogP contribution < -0.4 is 10.1 Å². The minimum Gasteiger partial charge on any atom is -0.493 e. The molecule has 7 heteroatoms. The van der Waals surface area contributed by atoms with Crippen LogP contribution in [0.3, 0.4) is 0 Å². The molecule has 1 N–H and O–H groups in total. The molecule has 0 spiro atoms. The standard InChI is InChI=1S/C23H26N2O4S/c1-25(2)30(27,28)20-14-12-18(13-15-20)17-24-23(26)11-6-16-29-22-10-5-8-19-7-3-4-9-21(19)22/h3-5,7-10,12-15H,6,11,16-17H2,1-2H3,(H,24,26). The first-order valence-electron chi connectivity index (χ1n) is 9.76. The number of benzene rings is 3. The topological polar surface area (TPSA) is 75.7 Å². The zero-order valence-electron chi connectivity index (χ0n) is 17.2. The van der Waals surface area contributed by atoms with Gasteiger partial charge in [0.05, 0.1) is 11.5 Å². The Morgan fingerprint density at radius 2 is 1.67 bits per heavy atom. The lowest BCUT2D eigenvalue weighted by atomic mass is 10.1. The van der Waals surface area contributed by atoms with Crippen molar-refractivity contribution in [2.45, 2.75) is 24.3 Å². The van der Waals surface area contributed by atoms with Crippen molar-refractivity contribution in [2.75, 3.05) is 20.7 Å². The van der Waals surface area contributed by atoms with E-state index < -0.39 is 10.0 Å². The summed E-state index contributed by atoms with van der Waals surface area (Å²) < 4.78 is 31.2. The van der Waals surface area contributed by atoms with Gasteiger partial charge in [-0.1, -0.05) is 48.5 Å². The molecule has 3 aromatic carbocycles. The number of amides is 1. The van der Waals surface area contributed by atoms with Crippen molar-refractivity contribution in [3.63, 3.8) is 0 Å². The third-order valence-electron chi connectivity index (χ3n) is 4.75. The van der Waals surface area contributed by atoms with Gasteiger partial charge in [0.1, 0.15) is 5.75 Å². The molecule has 30 heavy (non-hydrogen) atoms. The third kappa shape index (κ3) is 5.37. The first-order chi connectivity index (χ1) is 14.4. The molecule has 0 aliphatic rings. The maximum Gasteiger partial charge on any atom is 0.242 e. The minimum atomic E-state index is -3.44. The van der Waals surface area contributed by atoms with Crippen molar-refractivity contribution in [1.29, 1.82) is 0 Å². The molecule has 0 saturated carbocycles. The Morgan fingerprint density at radius 1 is 0.967 bits per heavy atom. The monoisotopic (exact) mass is 426 g/mol. The van der Waals surface area contributed by atoms with E-state index in [-0.39, 0.29) is 10.8 Å². The Balaban J connectivity index is 1.43. The highest BCUT2D eigenvalue weighted by Crippen LogP contribution is 2.25. The Bertz CT molecular complexity index is 1100. The molecule has 0 fully saturated rings. The molecule has 0 radical (unpaired) electrons. The molecular formula is C23H26N2O4S. The zero-order chi connectivity index (χ0) is 21.6. The Kier molecular flexibility index (Phi) is 7.07. The van der Waals surface area contributed by atoms with Gasteiger partial charge in [-0.2, -0.15) is 0 Å². The summed E-state index contributed by atoms with van der Waals surface area (Å²) in [4.78, 5) is 12.3. The van der Waals surface area contributed by atoms with Gasteiger partial charge in [0.15, 0.2) is 0 Å². The van der Waals surface area contributed by atoms with Crippen molar-refractivity contribution >= 4 is 26.7 Å². The number of carbonyl (C=O) groups excluding carboxylic acids is 1. The van der Waals surface area contributed by atoms with E-state index in [1.165, 1.54) is 18.4 Å². The van der Waals surface area contributed by atoms with Crippen LogP contribution >= 0.6 is 0 Å². The average Bonchev–Trinajstić information content (AvgIpc) is 2.75. The molecule has 1 amide bonds. The molecule has 3 rings (SSSR count). The van der Waals surface area contributed by atoms with Gasteiger partial charge in [0, 0.05) is 32.4 Å². The smallest absolute Gasteiger partial charge is 0.242 e. The summed E-state index contributed by atoms with van der Waals surface area (Å²) in [5, 5.41) is 5.04. The van der Waals surface area contributed by atoms with Gasteiger partial charge in [-0.3, -0.25) is 4.79 Å². The molecule has 0 heterocycles. The highest BCUT2D eigenvalue weighted by Gasteiger charge is 2.16. The predicted molar refractivity (Wildman–Crippen MR) is 118 cm³/mol. The van der Waals surface area contributed by atoms with Crippen molar-refractivity contribution in [2.24, 2.45) is 0 Å². The minimum absolute atomic E-state index is 0.0680. The fourth-order valence-corrected chi connectivity index (χ4v) is 3.92. The van der Waals surface area contributed by atoms with Gasteiger partial charge in [-0.05, 0) is 35.6 Å². The fraction of sp³-hybridized carbons (Fsp3) is 0.261. The van der Waals surface area contributed by atoms with E-state index in [0.29, 0.717) is 26.0 Å². The molecule has 158 valence electrons. The van der Waals surface area contributed by atoms with E-state index in [1.807, 2.05) is 42.5 Å². The lowest BCUT2D eigenvalue weighted by Gasteiger charge is -2.12. The van der Waals surface area contributed by atoms with Crippen LogP contribution in [0.1, 0.15) is 18.4 Å². The molecule has 0 atom stereocenters. The summed E-state index contributed by atoms with van der Waals surface area (Å²) >= 11 is 0. The SMILES string of the molecule is CN(C)S(=O)(=O)c1ccc(CNC(=O)CCCOc2cccc3ccccc23)cc1. The van der Waals surface area contributed by atoms with Crippen LogP contribution in [0.4, 0.5) is 0 Å². The van der Waals surface area contributed by atoms with Crippen molar-refractivity contribution < 1.29 is 17.9 Å². The number of nitrogens with one attached hydrogen (secondary N) is 1. The van der Waals surface area contributed by atoms with Crippen molar-refractivity contribution in [3.8, 4) is 5.75 Å². The molecule has 0 saturated heterocycles. The number of hydrogen-bond donors (Lipinski definition) is 1. The van der Waals surface area contributed by atoms with Crippen LogP contribution in [0.25, 0.3) is 10.8 Å². The van der Waals surface area contributed by atoms with E-state index in [2.05, 4.69) is 5.32 Å². The summed E-state index contributed by atoms with van der Waals surface area (Å²) in [6.45, 7) is 0.809. The van der Waals surface area contributed by atoms with Crippen LogP contribution in [-0.4, -0.2) is 39.3 Å². The number of rotatable bonds is 9. The largest absolute Gasteiger partial charge is 0.493 e. The van der Waals surface area contributed by atoms with Crippen molar-refractivity contribution in [3.05, 3.63) is 72.3 Å². The molecule has 0 aliphatic heterocycles. The molecule has 0 bridgehead atoms. The van der Waals surface area contributed by atoms with E-state index in [4.69, 9.17) is 4.74 Å². The molecule has 3 aromatic rings. The second kappa shape index (κ2) is 9.73. The van der Waals surface area contributed by atoms with E-state index in [1.54, 1.807) is 24.3 Å². The molecular weight excluding hydrogens is 400 g/mol. The highest BCUT2D eigenvalue weighted by atomic mass is 32.2. The van der Waals surface area contributed by atoms with Crippen LogP contribution in [0.5, 0.6) is 5.75 Å². The normalized spacial score (nSPS) is 11.6. The quantitative estimate of drug-likeness (QED) is 0.531. The Labute approximate surface area is 177 Å². The molecule has 0 unspecified atom stereocenters. The van der Waals surface area contributed by atoms with Crippen LogP contribution in [0.15, 0.2) is 71.6 Å². The van der Waals surface area contributed by atoms with Gasteiger partial charge in [-0.25, -0.2) is 12.7 Å². The van der Waals surface area contributed by atoms with Gasteiger partial charge in [0.25, 0.3) is 0 Å². The number of nitrogens with zero attached hydrogens (tertiary/aromatic N) is 1. The summed E-state index contributed by atoms with van der Waals surface area (Å²) in [6.07, 6.45) is 0.965. The predicted octanol–water partition coefficient (Wildman–Crippen LogP) is 3.57. The Morgan fingerprint density at radius 3 is 2.40 bits per heavy atom. The van der Waals surface area contributed by atoms with Crippen LogP contribution in [0, 0.1) is 0 Å². The number of ether oxygens (including phenoxy) is 1. The van der Waals surface area contributed by atoms with Gasteiger partial charge in [0.2, 0.25) is 15.9 Å². The van der Waals surface area contributed by atoms with Crippen LogP contribution in [-0.2, 0) is 21.4 Å². The second-order valence-electron chi connectivity index (χ2n) is 7.14. The molecule has 0 aromatic heterocycles. The maximum atomic E-state index is 12.1. The number of fused-ring (bicyclic) bond motifs is 1. The van der Waals surface area contributed by atoms with Gasteiger partial charge < -0.3 is 10.1 Å². The number of hydrogen-bond acceptors (Lipinski definition) is 4. The second-order valence-corrected chi connectivity index (χ2v) is 9.29. The lowest BCUT2D eigenvalue weighted by Crippen LogP contribution is -2.23. The summed E-state index contributed by atoms with van der Waals surface area (Å²) in [7, 11) is -0.458. The molecule has 0 aliphatic carbocycles. The van der Waals surface area contributed by atoms with E-state index >= 15 is 0 Å². The first kappa shape index (κ1) is 21.8.